The third-order valence-electron chi connectivity index (χ3n) is 12.9. The lowest BCUT2D eigenvalue weighted by Gasteiger charge is -2.13. The van der Waals surface area contributed by atoms with Crippen molar-refractivity contribution in [3.63, 3.8) is 0 Å². The quantitative estimate of drug-likeness (QED) is 0.179. The van der Waals surface area contributed by atoms with Crippen LogP contribution in [0.1, 0.15) is 0 Å². The van der Waals surface area contributed by atoms with Crippen LogP contribution in [0, 0.1) is 0 Å². The molecule has 0 unspecified atom stereocenters. The number of aromatic nitrogens is 5. The van der Waals surface area contributed by atoms with Crippen LogP contribution in [-0.4, -0.2) is 23.5 Å². The second-order valence-corrected chi connectivity index (χ2v) is 16.1. The van der Waals surface area contributed by atoms with Gasteiger partial charge in [0.1, 0.15) is 0 Å². The van der Waals surface area contributed by atoms with E-state index in [0.29, 0.717) is 0 Å². The fourth-order valence-corrected chi connectivity index (χ4v) is 10.4. The normalized spacial score (nSPS) is 12.3. The summed E-state index contributed by atoms with van der Waals surface area (Å²) in [7, 11) is 0. The van der Waals surface area contributed by atoms with Gasteiger partial charge in [-0.2, -0.15) is 0 Å². The van der Waals surface area contributed by atoms with Crippen LogP contribution in [0.4, 0.5) is 0 Å². The van der Waals surface area contributed by atoms with Gasteiger partial charge in [-0.3, -0.25) is 0 Å². The van der Waals surface area contributed by atoms with Gasteiger partial charge in [-0.05, 0) is 72.8 Å². The van der Waals surface area contributed by atoms with Crippen molar-refractivity contribution in [2.45, 2.75) is 0 Å². The van der Waals surface area contributed by atoms with Gasteiger partial charge < -0.3 is 13.5 Å². The van der Waals surface area contributed by atoms with Crippen molar-refractivity contribution in [3.8, 4) is 33.9 Å². The molecule has 0 spiro atoms. The molecule has 0 radical (unpaired) electrons. The summed E-state index contributed by atoms with van der Waals surface area (Å²) >= 11 is 0. The maximum Gasteiger partial charge on any atom is 0.0973 e. The van der Waals surface area contributed by atoms with E-state index >= 15 is 0 Å². The summed E-state index contributed by atoms with van der Waals surface area (Å²) < 4.78 is 7.27. The van der Waals surface area contributed by atoms with Gasteiger partial charge in [0.2, 0.25) is 0 Å². The lowest BCUT2D eigenvalue weighted by molar-refractivity contribution is 1.18. The highest BCUT2D eigenvalue weighted by Crippen LogP contribution is 2.47. The zero-order chi connectivity index (χ0) is 39.8. The van der Waals surface area contributed by atoms with Crippen LogP contribution in [0.25, 0.3) is 127 Å². The molecule has 0 saturated heterocycles. The largest absolute Gasteiger partial charge is 0.309 e. The molecule has 0 atom stereocenters. The summed E-state index contributed by atoms with van der Waals surface area (Å²) in [6.07, 6.45) is 0. The van der Waals surface area contributed by atoms with Crippen molar-refractivity contribution in [1.29, 1.82) is 0 Å². The second-order valence-electron chi connectivity index (χ2n) is 16.1. The zero-order valence-corrected chi connectivity index (χ0v) is 32.8. The minimum absolute atomic E-state index is 0.855. The van der Waals surface area contributed by atoms with E-state index < -0.39 is 0 Å². The van der Waals surface area contributed by atoms with Gasteiger partial charge in [-0.15, -0.1) is 0 Å². The second kappa shape index (κ2) is 12.1. The SMILES string of the molecule is c1ccc(-n2c3ccccc3c3ccc(-c4nc5ccccc5nc4-c4ccc(-n5c6ccccc6c6c7c8ccccc8n8c9ccccc9c(cc65)c78)cc4)cc32)cc1. The van der Waals surface area contributed by atoms with E-state index in [9.17, 15) is 0 Å². The fraction of sp³-hybridized carbons (Fsp3) is 0. The summed E-state index contributed by atoms with van der Waals surface area (Å²) in [5.41, 5.74) is 16.2. The number of fused-ring (bicyclic) bond motifs is 14. The van der Waals surface area contributed by atoms with Crippen molar-refractivity contribution in [2.24, 2.45) is 0 Å². The number of hydrogen-bond donors (Lipinski definition) is 0. The molecule has 5 heterocycles. The molecule has 0 aliphatic carbocycles. The summed E-state index contributed by atoms with van der Waals surface area (Å²) in [6, 6.07) is 72.1. The van der Waals surface area contributed by atoms with Crippen molar-refractivity contribution in [2.75, 3.05) is 0 Å². The Hall–Kier alpha value is -8.28. The van der Waals surface area contributed by atoms with Gasteiger partial charge in [0.15, 0.2) is 0 Å². The molecule has 282 valence electrons. The molecule has 0 bridgehead atoms. The molecular weight excluding hydrogens is 743 g/mol. The number of nitrogens with zero attached hydrogens (tertiary/aromatic N) is 5. The molecule has 5 nitrogen and oxygen atoms in total. The Morgan fingerprint density at radius 3 is 1.48 bits per heavy atom. The Morgan fingerprint density at radius 2 is 0.770 bits per heavy atom. The number of hydrogen-bond acceptors (Lipinski definition) is 2. The molecule has 0 fully saturated rings. The minimum Gasteiger partial charge on any atom is -0.309 e. The van der Waals surface area contributed by atoms with Crippen LogP contribution in [0.15, 0.2) is 200 Å². The predicted molar refractivity (Wildman–Crippen MR) is 254 cm³/mol. The van der Waals surface area contributed by atoms with Crippen LogP contribution < -0.4 is 0 Å². The van der Waals surface area contributed by atoms with E-state index in [2.05, 4.69) is 202 Å². The summed E-state index contributed by atoms with van der Waals surface area (Å²) in [5, 5.41) is 10.1. The predicted octanol–water partition coefficient (Wildman–Crippen LogP) is 14.3. The highest BCUT2D eigenvalue weighted by molar-refractivity contribution is 6.35. The molecule has 61 heavy (non-hydrogen) atoms. The lowest BCUT2D eigenvalue weighted by Crippen LogP contribution is -1.98. The van der Waals surface area contributed by atoms with Crippen LogP contribution in [-0.2, 0) is 0 Å². The smallest absolute Gasteiger partial charge is 0.0973 e. The summed E-state index contributed by atoms with van der Waals surface area (Å²) in [5.74, 6) is 0. The van der Waals surface area contributed by atoms with Crippen molar-refractivity contribution in [1.82, 2.24) is 23.5 Å². The van der Waals surface area contributed by atoms with Gasteiger partial charge in [-0.25, -0.2) is 9.97 Å². The maximum absolute atomic E-state index is 5.35. The fourth-order valence-electron chi connectivity index (χ4n) is 10.4. The molecular formula is C56H33N5. The monoisotopic (exact) mass is 775 g/mol. The topological polar surface area (TPSA) is 40.0 Å². The van der Waals surface area contributed by atoms with E-state index in [0.717, 1.165) is 50.4 Å². The molecule has 0 amide bonds. The Morgan fingerprint density at radius 1 is 0.295 bits per heavy atom. The minimum atomic E-state index is 0.855. The molecule has 0 aliphatic heterocycles. The highest BCUT2D eigenvalue weighted by Gasteiger charge is 2.24. The average Bonchev–Trinajstić information content (AvgIpc) is 4.05. The lowest BCUT2D eigenvalue weighted by atomic mass is 10.0. The standard InChI is InChI=1S/C56H33N5/c1-2-14-36(15-3-1)59-46-22-10-4-16-38(46)40-31-28-35(32-50(40)59)55-54(57-44-20-8-9-21-45(44)58-55)34-26-29-37(30-27-34)60-48-24-12-6-18-41(48)52-51(60)33-43-39-17-5-11-23-47(39)61-49-25-13-7-19-42(49)53(52)56(43)61/h1-33H. The zero-order valence-electron chi connectivity index (χ0n) is 32.8. The first-order valence-electron chi connectivity index (χ1n) is 20.8. The van der Waals surface area contributed by atoms with E-state index in [1.807, 2.05) is 12.1 Å². The van der Waals surface area contributed by atoms with Crippen LogP contribution in [0.5, 0.6) is 0 Å². The van der Waals surface area contributed by atoms with Gasteiger partial charge >= 0.3 is 0 Å². The Labute approximate surface area is 348 Å². The molecule has 0 saturated carbocycles. The van der Waals surface area contributed by atoms with Gasteiger partial charge in [0, 0.05) is 65.6 Å². The highest BCUT2D eigenvalue weighted by atomic mass is 15.0. The van der Waals surface area contributed by atoms with E-state index in [1.165, 1.54) is 76.2 Å². The molecule has 5 heteroatoms. The first kappa shape index (κ1) is 32.7. The van der Waals surface area contributed by atoms with Gasteiger partial charge in [0.05, 0.1) is 61.0 Å². The van der Waals surface area contributed by atoms with Gasteiger partial charge in [0.25, 0.3) is 0 Å². The third-order valence-corrected chi connectivity index (χ3v) is 12.9. The molecule has 5 aromatic heterocycles. The first-order chi connectivity index (χ1) is 30.3. The Bertz CT molecular complexity index is 4090. The van der Waals surface area contributed by atoms with E-state index in [4.69, 9.17) is 9.97 Å². The first-order valence-corrected chi connectivity index (χ1v) is 20.8. The number of benzene rings is 9. The molecule has 0 aliphatic rings. The van der Waals surface area contributed by atoms with Crippen LogP contribution >= 0.6 is 0 Å². The Balaban J connectivity index is 0.993. The summed E-state index contributed by atoms with van der Waals surface area (Å²) in [6.45, 7) is 0. The van der Waals surface area contributed by atoms with Crippen LogP contribution in [0.3, 0.4) is 0 Å². The third kappa shape index (κ3) is 4.44. The maximum atomic E-state index is 5.35. The number of rotatable bonds is 4. The van der Waals surface area contributed by atoms with Crippen molar-refractivity contribution < 1.29 is 0 Å². The van der Waals surface area contributed by atoms with Gasteiger partial charge in [-0.1, -0.05) is 127 Å². The summed E-state index contributed by atoms with van der Waals surface area (Å²) in [4.78, 5) is 10.7. The molecule has 0 N–H and O–H groups in total. The Kier molecular flexibility index (Phi) is 6.49. The van der Waals surface area contributed by atoms with Crippen LogP contribution in [0.2, 0.25) is 0 Å². The van der Waals surface area contributed by atoms with E-state index in [1.54, 1.807) is 0 Å². The van der Waals surface area contributed by atoms with E-state index in [-0.39, 0.29) is 0 Å². The van der Waals surface area contributed by atoms with Crippen molar-refractivity contribution >= 4 is 92.7 Å². The number of para-hydroxylation sites is 7. The van der Waals surface area contributed by atoms with Crippen molar-refractivity contribution in [3.05, 3.63) is 200 Å². The molecule has 14 rings (SSSR count). The molecule has 9 aromatic carbocycles. The molecule has 14 aromatic rings. The average molecular weight is 776 g/mol.